The van der Waals surface area contributed by atoms with Gasteiger partial charge in [-0.25, -0.2) is 0 Å². The molecule has 5 heteroatoms. The fourth-order valence-electron chi connectivity index (χ4n) is 2.45. The second-order valence-electron chi connectivity index (χ2n) is 4.81. The summed E-state index contributed by atoms with van der Waals surface area (Å²) < 4.78 is 0. The lowest BCUT2D eigenvalue weighted by Gasteiger charge is -2.39. The van der Waals surface area contributed by atoms with Crippen LogP contribution in [0.2, 0.25) is 0 Å². The molecule has 1 heterocycles. The molecule has 0 aliphatic carbocycles. The minimum atomic E-state index is -0.501. The van der Waals surface area contributed by atoms with E-state index in [-0.39, 0.29) is 17.9 Å². The van der Waals surface area contributed by atoms with Crippen molar-refractivity contribution in [3.63, 3.8) is 0 Å². The number of nitrogens with zero attached hydrogens (tertiary/aromatic N) is 1. The number of hydrogen-bond donors (Lipinski definition) is 1. The molecule has 0 radical (unpaired) electrons. The largest absolute Gasteiger partial charge is 0.342 e. The summed E-state index contributed by atoms with van der Waals surface area (Å²) in [5.74, 6) is 0.775. The molecule has 108 valence electrons. The Labute approximate surface area is 123 Å². The number of rotatable bonds is 5. The number of piperazine rings is 1. The van der Waals surface area contributed by atoms with Gasteiger partial charge in [0.1, 0.15) is 12.1 Å². The van der Waals surface area contributed by atoms with E-state index in [0.717, 1.165) is 11.3 Å². The molecular formula is C15H20N2O2S. The standard InChI is InChI=1S/C15H20N2O2S/c1-3-12-15(19)17(9-10-20-2)13(14(18)16-12)11-7-5-4-6-8-11/h4-8,12-13H,3,9-10H2,1-2H3,(H,16,18). The molecule has 20 heavy (non-hydrogen) atoms. The molecule has 0 bridgehead atoms. The molecule has 2 amide bonds. The van der Waals surface area contributed by atoms with Crippen LogP contribution in [0.5, 0.6) is 0 Å². The highest BCUT2D eigenvalue weighted by atomic mass is 32.2. The Bertz CT molecular complexity index is 478. The van der Waals surface area contributed by atoms with E-state index < -0.39 is 6.04 Å². The van der Waals surface area contributed by atoms with Gasteiger partial charge in [0.05, 0.1) is 0 Å². The molecule has 1 aromatic carbocycles. The topological polar surface area (TPSA) is 49.4 Å². The number of hydrogen-bond acceptors (Lipinski definition) is 3. The molecule has 4 nitrogen and oxygen atoms in total. The van der Waals surface area contributed by atoms with Crippen LogP contribution in [-0.4, -0.2) is 41.3 Å². The lowest BCUT2D eigenvalue weighted by molar-refractivity contribution is -0.149. The molecule has 1 saturated heterocycles. The highest BCUT2D eigenvalue weighted by Gasteiger charge is 2.40. The summed E-state index contributed by atoms with van der Waals surface area (Å²) in [6.07, 6.45) is 2.63. The molecule has 1 N–H and O–H groups in total. The van der Waals surface area contributed by atoms with Gasteiger partial charge in [0.2, 0.25) is 11.8 Å². The van der Waals surface area contributed by atoms with Crippen LogP contribution in [0.4, 0.5) is 0 Å². The van der Waals surface area contributed by atoms with Crippen molar-refractivity contribution in [1.82, 2.24) is 10.2 Å². The average molecular weight is 292 g/mol. The zero-order valence-corrected chi connectivity index (χ0v) is 12.7. The molecule has 1 aliphatic rings. The van der Waals surface area contributed by atoms with E-state index in [4.69, 9.17) is 0 Å². The molecule has 2 unspecified atom stereocenters. The maximum atomic E-state index is 12.5. The Hall–Kier alpha value is -1.49. The molecule has 0 spiro atoms. The first-order valence-corrected chi connectivity index (χ1v) is 8.23. The van der Waals surface area contributed by atoms with E-state index in [0.29, 0.717) is 13.0 Å². The van der Waals surface area contributed by atoms with Gasteiger partial charge in [-0.1, -0.05) is 37.3 Å². The van der Waals surface area contributed by atoms with Gasteiger partial charge in [-0.05, 0) is 18.2 Å². The van der Waals surface area contributed by atoms with Crippen LogP contribution in [0.25, 0.3) is 0 Å². The van der Waals surface area contributed by atoms with Crippen molar-refractivity contribution in [1.29, 1.82) is 0 Å². The smallest absolute Gasteiger partial charge is 0.248 e. The predicted molar refractivity (Wildman–Crippen MR) is 81.5 cm³/mol. The number of benzene rings is 1. The highest BCUT2D eigenvalue weighted by molar-refractivity contribution is 7.98. The third-order valence-corrected chi connectivity index (χ3v) is 4.11. The summed E-state index contributed by atoms with van der Waals surface area (Å²) in [6.45, 7) is 2.52. The van der Waals surface area contributed by atoms with E-state index in [1.54, 1.807) is 16.7 Å². The predicted octanol–water partition coefficient (Wildman–Crippen LogP) is 1.83. The minimum Gasteiger partial charge on any atom is -0.342 e. The Morgan fingerprint density at radius 2 is 1.95 bits per heavy atom. The molecule has 0 aromatic heterocycles. The second-order valence-corrected chi connectivity index (χ2v) is 5.79. The lowest BCUT2D eigenvalue weighted by atomic mass is 9.99. The summed E-state index contributed by atoms with van der Waals surface area (Å²) in [6, 6.07) is 8.61. The van der Waals surface area contributed by atoms with Gasteiger partial charge < -0.3 is 10.2 Å². The van der Waals surface area contributed by atoms with Gasteiger partial charge in [0.25, 0.3) is 0 Å². The van der Waals surface area contributed by atoms with E-state index in [1.165, 1.54) is 0 Å². The number of thioether (sulfide) groups is 1. The molecule has 2 atom stereocenters. The average Bonchev–Trinajstić information content (AvgIpc) is 2.48. The summed E-state index contributed by atoms with van der Waals surface area (Å²) in [4.78, 5) is 26.6. The summed E-state index contributed by atoms with van der Waals surface area (Å²) >= 11 is 1.68. The van der Waals surface area contributed by atoms with Gasteiger partial charge in [-0.15, -0.1) is 0 Å². The first kappa shape index (κ1) is 14.9. The van der Waals surface area contributed by atoms with Crippen LogP contribution in [0.1, 0.15) is 24.9 Å². The van der Waals surface area contributed by atoms with Crippen LogP contribution in [0.3, 0.4) is 0 Å². The minimum absolute atomic E-state index is 0.0232. The third-order valence-electron chi connectivity index (χ3n) is 3.52. The summed E-state index contributed by atoms with van der Waals surface area (Å²) in [5, 5.41) is 2.83. The highest BCUT2D eigenvalue weighted by Crippen LogP contribution is 2.26. The monoisotopic (exact) mass is 292 g/mol. The SMILES string of the molecule is CCC1NC(=O)C(c2ccccc2)N(CCSC)C1=O. The number of carbonyl (C=O) groups excluding carboxylic acids is 2. The zero-order valence-electron chi connectivity index (χ0n) is 11.8. The quantitative estimate of drug-likeness (QED) is 0.900. The molecule has 0 saturated carbocycles. The van der Waals surface area contributed by atoms with Crippen molar-refractivity contribution >= 4 is 23.6 Å². The fourth-order valence-corrected chi connectivity index (χ4v) is 2.83. The second kappa shape index (κ2) is 6.79. The molecule has 2 rings (SSSR count). The Kier molecular flexibility index (Phi) is 5.06. The summed E-state index contributed by atoms with van der Waals surface area (Å²) in [7, 11) is 0. The molecule has 1 fully saturated rings. The van der Waals surface area contributed by atoms with E-state index in [9.17, 15) is 9.59 Å². The van der Waals surface area contributed by atoms with Crippen molar-refractivity contribution in [3.05, 3.63) is 35.9 Å². The normalized spacial score (nSPS) is 22.8. The first-order chi connectivity index (χ1) is 9.69. The Morgan fingerprint density at radius 1 is 1.25 bits per heavy atom. The van der Waals surface area contributed by atoms with Gasteiger partial charge in [-0.2, -0.15) is 11.8 Å². The van der Waals surface area contributed by atoms with Gasteiger partial charge >= 0.3 is 0 Å². The van der Waals surface area contributed by atoms with E-state index in [2.05, 4.69) is 5.32 Å². The number of carbonyl (C=O) groups is 2. The number of nitrogens with one attached hydrogen (secondary N) is 1. The van der Waals surface area contributed by atoms with E-state index in [1.807, 2.05) is 43.5 Å². The van der Waals surface area contributed by atoms with Crippen LogP contribution in [0.15, 0.2) is 30.3 Å². The lowest BCUT2D eigenvalue weighted by Crippen LogP contribution is -2.59. The van der Waals surface area contributed by atoms with Crippen molar-refractivity contribution in [2.75, 3.05) is 18.6 Å². The Morgan fingerprint density at radius 3 is 2.55 bits per heavy atom. The van der Waals surface area contributed by atoms with Gasteiger partial charge in [-0.3, -0.25) is 9.59 Å². The first-order valence-electron chi connectivity index (χ1n) is 6.83. The molecular weight excluding hydrogens is 272 g/mol. The zero-order chi connectivity index (χ0) is 14.5. The summed E-state index contributed by atoms with van der Waals surface area (Å²) in [5.41, 5.74) is 0.869. The maximum absolute atomic E-state index is 12.5. The van der Waals surface area contributed by atoms with E-state index >= 15 is 0 Å². The van der Waals surface area contributed by atoms with Crippen LogP contribution < -0.4 is 5.32 Å². The molecule has 1 aromatic rings. The van der Waals surface area contributed by atoms with Crippen molar-refractivity contribution < 1.29 is 9.59 Å². The van der Waals surface area contributed by atoms with Crippen LogP contribution >= 0.6 is 11.8 Å². The fraction of sp³-hybridized carbons (Fsp3) is 0.467. The third kappa shape index (κ3) is 2.98. The van der Waals surface area contributed by atoms with Gasteiger partial charge in [0.15, 0.2) is 0 Å². The molecule has 1 aliphatic heterocycles. The van der Waals surface area contributed by atoms with Crippen molar-refractivity contribution in [2.24, 2.45) is 0 Å². The van der Waals surface area contributed by atoms with Crippen LogP contribution in [0, 0.1) is 0 Å². The van der Waals surface area contributed by atoms with Gasteiger partial charge in [0, 0.05) is 12.3 Å². The number of amides is 2. The van der Waals surface area contributed by atoms with Crippen LogP contribution in [-0.2, 0) is 9.59 Å². The van der Waals surface area contributed by atoms with Crippen molar-refractivity contribution in [3.8, 4) is 0 Å². The van der Waals surface area contributed by atoms with Crippen molar-refractivity contribution in [2.45, 2.75) is 25.4 Å². The Balaban J connectivity index is 2.30. The maximum Gasteiger partial charge on any atom is 0.248 e.